The molecule has 3 N–H and O–H groups in total. The number of nitrogens with zero attached hydrogens (tertiary/aromatic N) is 3. The number of urea groups is 1. The molecule has 0 saturated carbocycles. The van der Waals surface area contributed by atoms with Crippen molar-refractivity contribution in [2.24, 2.45) is 0 Å². The van der Waals surface area contributed by atoms with E-state index in [1.807, 2.05) is 18.2 Å². The van der Waals surface area contributed by atoms with Gasteiger partial charge in [-0.3, -0.25) is 4.90 Å². The molecule has 2 amide bonds. The summed E-state index contributed by atoms with van der Waals surface area (Å²) in [6.07, 6.45) is 1.08. The Hall–Kier alpha value is -2.97. The highest BCUT2D eigenvalue weighted by molar-refractivity contribution is 5.90. The van der Waals surface area contributed by atoms with Crippen LogP contribution in [-0.4, -0.2) is 57.3 Å². The monoisotopic (exact) mass is 381 g/mol. The van der Waals surface area contributed by atoms with Gasteiger partial charge >= 0.3 is 6.03 Å². The van der Waals surface area contributed by atoms with Crippen LogP contribution in [0.15, 0.2) is 47.0 Å². The van der Waals surface area contributed by atoms with Crippen LogP contribution >= 0.6 is 0 Å². The number of carbonyl (C=O) groups is 1. The van der Waals surface area contributed by atoms with Crippen LogP contribution in [-0.2, 0) is 0 Å². The highest BCUT2D eigenvalue weighted by Gasteiger charge is 2.33. The first-order valence-electron chi connectivity index (χ1n) is 9.31. The molecule has 3 aromatic rings. The fourth-order valence-corrected chi connectivity index (χ4v) is 3.34. The molecule has 0 spiro atoms. The first-order chi connectivity index (χ1) is 13.5. The quantitative estimate of drug-likeness (QED) is 0.641. The van der Waals surface area contributed by atoms with E-state index in [0.717, 1.165) is 5.56 Å². The molecule has 3 heterocycles. The third kappa shape index (κ3) is 3.83. The zero-order chi connectivity index (χ0) is 19.7. The van der Waals surface area contributed by atoms with Gasteiger partial charge in [-0.05, 0) is 44.2 Å². The average Bonchev–Trinajstić information content (AvgIpc) is 3.26. The first kappa shape index (κ1) is 18.4. The van der Waals surface area contributed by atoms with E-state index in [4.69, 9.17) is 4.42 Å². The molecule has 1 fully saturated rings. The van der Waals surface area contributed by atoms with Crippen molar-refractivity contribution in [3.8, 4) is 11.5 Å². The van der Waals surface area contributed by atoms with Gasteiger partial charge in [0, 0.05) is 36.6 Å². The van der Waals surface area contributed by atoms with E-state index in [-0.39, 0.29) is 12.1 Å². The minimum Gasteiger partial charge on any atom is -0.434 e. The van der Waals surface area contributed by atoms with Crippen LogP contribution in [0.3, 0.4) is 0 Å². The number of hydrogen-bond donors (Lipinski definition) is 3. The number of aliphatic hydroxyl groups is 1. The number of β-amino-alcohol motifs (C(OH)–C–C–N with tert-alkyl or cyclic N) is 1. The average molecular weight is 381 g/mol. The fraction of sp³-hybridized carbons (Fsp3) is 0.350. The Balaban J connectivity index is 1.44. The zero-order valence-corrected chi connectivity index (χ0v) is 15.8. The third-order valence-electron chi connectivity index (χ3n) is 4.90. The van der Waals surface area contributed by atoms with E-state index in [0.29, 0.717) is 41.9 Å². The van der Waals surface area contributed by atoms with Gasteiger partial charge in [-0.15, -0.1) is 0 Å². The minimum atomic E-state index is -0.577. The van der Waals surface area contributed by atoms with Gasteiger partial charge in [0.05, 0.1) is 12.1 Å². The summed E-state index contributed by atoms with van der Waals surface area (Å²) in [4.78, 5) is 23.1. The molecule has 1 saturated heterocycles. The van der Waals surface area contributed by atoms with Gasteiger partial charge in [-0.25, -0.2) is 9.78 Å². The van der Waals surface area contributed by atoms with Crippen LogP contribution in [0.1, 0.15) is 13.8 Å². The summed E-state index contributed by atoms with van der Waals surface area (Å²) in [5, 5.41) is 15.8. The molecule has 28 heavy (non-hydrogen) atoms. The zero-order valence-electron chi connectivity index (χ0n) is 15.8. The number of aromatic nitrogens is 2. The fourth-order valence-electron chi connectivity index (χ4n) is 3.34. The lowest BCUT2D eigenvalue weighted by atomic mass is 10.2. The number of likely N-dealkylation sites (tertiary alicyclic amines) is 1. The molecule has 8 nitrogen and oxygen atoms in total. The molecule has 1 aliphatic rings. The Morgan fingerprint density at radius 2 is 2.14 bits per heavy atom. The lowest BCUT2D eigenvalue weighted by Gasteiger charge is -2.20. The topological polar surface area (TPSA) is 104 Å². The van der Waals surface area contributed by atoms with Crippen LogP contribution in [0, 0.1) is 0 Å². The van der Waals surface area contributed by atoms with Gasteiger partial charge in [0.1, 0.15) is 0 Å². The maximum absolute atomic E-state index is 12.4. The molecule has 2 aromatic heterocycles. The van der Waals surface area contributed by atoms with Crippen molar-refractivity contribution in [2.45, 2.75) is 32.0 Å². The summed E-state index contributed by atoms with van der Waals surface area (Å²) in [5.41, 5.74) is 2.50. The molecule has 0 unspecified atom stereocenters. The second-order valence-corrected chi connectivity index (χ2v) is 7.24. The second-order valence-electron chi connectivity index (χ2n) is 7.24. The largest absolute Gasteiger partial charge is 0.434 e. The summed E-state index contributed by atoms with van der Waals surface area (Å²) >= 11 is 0. The molecule has 1 aromatic carbocycles. The lowest BCUT2D eigenvalue weighted by molar-refractivity contribution is 0.150. The van der Waals surface area contributed by atoms with E-state index in [1.54, 1.807) is 24.4 Å². The number of rotatable bonds is 4. The number of carbonyl (C=O) groups excluding carboxylic acids is 1. The number of aliphatic hydroxyl groups excluding tert-OH is 1. The molecule has 146 valence electrons. The van der Waals surface area contributed by atoms with Gasteiger partial charge in [0.2, 0.25) is 5.89 Å². The molecule has 1 aliphatic heterocycles. The Labute approximate surface area is 162 Å². The standard InChI is InChI=1S/C20H23N5O3/c1-12(2)25-10-15(16(26)11-25)23-20(27)22-14-6-3-5-13(9-14)19-24-18-17(28-19)7-4-8-21-18/h3-9,12,15-16,26H,10-11H2,1-2H3,(H2,22,23,27)/t15-,16-/m1/s1. The molecule has 4 rings (SSSR count). The normalized spacial score (nSPS) is 20.0. The van der Waals surface area contributed by atoms with E-state index in [2.05, 4.69) is 39.3 Å². The number of pyridine rings is 1. The summed E-state index contributed by atoms with van der Waals surface area (Å²) in [6.45, 7) is 5.33. The number of benzene rings is 1. The van der Waals surface area contributed by atoms with Crippen LogP contribution in [0.4, 0.5) is 10.5 Å². The Morgan fingerprint density at radius 3 is 2.89 bits per heavy atom. The van der Waals surface area contributed by atoms with Crippen molar-refractivity contribution in [3.05, 3.63) is 42.6 Å². The number of nitrogens with one attached hydrogen (secondary N) is 2. The van der Waals surface area contributed by atoms with Gasteiger partial charge in [-0.1, -0.05) is 6.07 Å². The predicted octanol–water partition coefficient (Wildman–Crippen LogP) is 2.46. The van der Waals surface area contributed by atoms with Crippen LogP contribution in [0.5, 0.6) is 0 Å². The molecule has 0 bridgehead atoms. The number of fused-ring (bicyclic) bond motifs is 1. The molecule has 0 radical (unpaired) electrons. The summed E-state index contributed by atoms with van der Waals surface area (Å²) < 4.78 is 5.73. The van der Waals surface area contributed by atoms with Crippen LogP contribution in [0.25, 0.3) is 22.7 Å². The lowest BCUT2D eigenvalue weighted by Crippen LogP contribution is -2.45. The minimum absolute atomic E-state index is 0.298. The van der Waals surface area contributed by atoms with Crippen molar-refractivity contribution >= 4 is 22.9 Å². The number of hydrogen-bond acceptors (Lipinski definition) is 6. The maximum atomic E-state index is 12.4. The Kier molecular flexibility index (Phi) is 4.97. The maximum Gasteiger partial charge on any atom is 0.319 e. The Morgan fingerprint density at radius 1 is 1.29 bits per heavy atom. The smallest absolute Gasteiger partial charge is 0.319 e. The highest BCUT2D eigenvalue weighted by atomic mass is 16.3. The van der Waals surface area contributed by atoms with E-state index < -0.39 is 6.10 Å². The molecule has 0 aliphatic carbocycles. The summed E-state index contributed by atoms with van der Waals surface area (Å²) in [6, 6.07) is 10.5. The summed E-state index contributed by atoms with van der Waals surface area (Å²) in [7, 11) is 0. The van der Waals surface area contributed by atoms with Crippen molar-refractivity contribution in [1.82, 2.24) is 20.2 Å². The van der Waals surface area contributed by atoms with E-state index >= 15 is 0 Å². The number of oxazole rings is 1. The molecular weight excluding hydrogens is 358 g/mol. The summed E-state index contributed by atoms with van der Waals surface area (Å²) in [5.74, 6) is 0.441. The van der Waals surface area contributed by atoms with Crippen molar-refractivity contribution in [3.63, 3.8) is 0 Å². The molecular formula is C20H23N5O3. The Bertz CT molecular complexity index is 954. The van der Waals surface area contributed by atoms with E-state index in [1.165, 1.54) is 0 Å². The number of anilines is 1. The van der Waals surface area contributed by atoms with Crippen LogP contribution < -0.4 is 10.6 Å². The van der Waals surface area contributed by atoms with Crippen LogP contribution in [0.2, 0.25) is 0 Å². The van der Waals surface area contributed by atoms with Gasteiger partial charge < -0.3 is 20.2 Å². The van der Waals surface area contributed by atoms with Crippen molar-refractivity contribution in [2.75, 3.05) is 18.4 Å². The van der Waals surface area contributed by atoms with Gasteiger partial charge in [0.15, 0.2) is 11.2 Å². The van der Waals surface area contributed by atoms with E-state index in [9.17, 15) is 9.90 Å². The first-order valence-corrected chi connectivity index (χ1v) is 9.31. The SMILES string of the molecule is CC(C)N1C[C@@H](O)[C@H](NC(=O)Nc2cccc(-c3nc4ncccc4o3)c2)C1. The highest BCUT2D eigenvalue weighted by Crippen LogP contribution is 2.25. The number of amides is 2. The van der Waals surface area contributed by atoms with Gasteiger partial charge in [0.25, 0.3) is 0 Å². The van der Waals surface area contributed by atoms with Gasteiger partial charge in [-0.2, -0.15) is 4.98 Å². The molecule has 2 atom stereocenters. The molecule has 8 heteroatoms. The van der Waals surface area contributed by atoms with Crippen molar-refractivity contribution < 1.29 is 14.3 Å². The second kappa shape index (κ2) is 7.57. The van der Waals surface area contributed by atoms with Crippen molar-refractivity contribution in [1.29, 1.82) is 0 Å². The third-order valence-corrected chi connectivity index (χ3v) is 4.90. The predicted molar refractivity (Wildman–Crippen MR) is 106 cm³/mol.